The molecule has 0 radical (unpaired) electrons. The predicted molar refractivity (Wildman–Crippen MR) is 110 cm³/mol. The number of aliphatic carboxylic acids is 2. The maximum atomic E-state index is 12.5. The van der Waals surface area contributed by atoms with Crippen LogP contribution in [0, 0.1) is 0 Å². The number of hydrogen-bond donors (Lipinski definition) is 8. The fourth-order valence-electron chi connectivity index (χ4n) is 3.15. The van der Waals surface area contributed by atoms with Crippen molar-refractivity contribution in [2.75, 3.05) is 6.61 Å². The zero-order chi connectivity index (χ0) is 26.2. The Morgan fingerprint density at radius 1 is 1.03 bits per heavy atom. The molecule has 0 aliphatic carbocycles. The van der Waals surface area contributed by atoms with Crippen molar-refractivity contribution in [1.29, 1.82) is 0 Å². The van der Waals surface area contributed by atoms with Gasteiger partial charge in [-0.25, -0.2) is 4.79 Å². The maximum Gasteiger partial charge on any atom is 0.326 e. The van der Waals surface area contributed by atoms with Crippen molar-refractivity contribution in [3.63, 3.8) is 0 Å². The van der Waals surface area contributed by atoms with E-state index in [1.807, 2.05) is 0 Å². The van der Waals surface area contributed by atoms with Crippen molar-refractivity contribution in [2.45, 2.75) is 82.4 Å². The third-order valence-corrected chi connectivity index (χ3v) is 4.99. The van der Waals surface area contributed by atoms with Gasteiger partial charge >= 0.3 is 11.9 Å². The number of hydrogen-bond acceptors (Lipinski definition) is 10. The number of carbonyl (C=O) groups excluding carboxylic acids is 3. The Morgan fingerprint density at radius 3 is 2.15 bits per heavy atom. The van der Waals surface area contributed by atoms with Gasteiger partial charge in [0.05, 0.1) is 6.61 Å². The van der Waals surface area contributed by atoms with Gasteiger partial charge in [-0.3, -0.25) is 19.2 Å². The normalized spacial score (nSPS) is 27.1. The molecule has 0 aromatic heterocycles. The first-order chi connectivity index (χ1) is 15.8. The largest absolute Gasteiger partial charge is 0.481 e. The number of ether oxygens (including phenoxy) is 2. The van der Waals surface area contributed by atoms with Gasteiger partial charge in [0.15, 0.2) is 6.29 Å². The predicted octanol–water partition coefficient (Wildman–Crippen LogP) is -3.73. The second-order valence-corrected chi connectivity index (χ2v) is 7.77. The van der Waals surface area contributed by atoms with E-state index >= 15 is 0 Å². The summed E-state index contributed by atoms with van der Waals surface area (Å²) in [5.41, 5.74) is 0. The molecule has 1 saturated heterocycles. The zero-order valence-electron chi connectivity index (χ0n) is 18.8. The Labute approximate surface area is 194 Å². The fourth-order valence-corrected chi connectivity index (χ4v) is 3.15. The highest BCUT2D eigenvalue weighted by molar-refractivity contribution is 5.91. The molecule has 0 saturated carbocycles. The minimum atomic E-state index is -1.66. The van der Waals surface area contributed by atoms with Gasteiger partial charge in [0.25, 0.3) is 0 Å². The van der Waals surface area contributed by atoms with Crippen LogP contribution < -0.4 is 16.0 Å². The van der Waals surface area contributed by atoms with Gasteiger partial charge < -0.3 is 51.0 Å². The molecule has 8 atom stereocenters. The van der Waals surface area contributed by atoms with Crippen LogP contribution in [0.3, 0.4) is 0 Å². The van der Waals surface area contributed by atoms with E-state index in [2.05, 4.69) is 16.0 Å². The Hall–Kier alpha value is -2.85. The molecule has 1 heterocycles. The minimum absolute atomic E-state index is 0.364. The van der Waals surface area contributed by atoms with Crippen LogP contribution in [-0.2, 0) is 33.4 Å². The van der Waals surface area contributed by atoms with E-state index in [-0.39, 0.29) is 6.42 Å². The number of carbonyl (C=O) groups is 5. The molecule has 5 unspecified atom stereocenters. The van der Waals surface area contributed by atoms with Gasteiger partial charge in [-0.1, -0.05) is 0 Å². The van der Waals surface area contributed by atoms with Crippen LogP contribution >= 0.6 is 0 Å². The summed E-state index contributed by atoms with van der Waals surface area (Å²) in [5.74, 6) is -5.02. The van der Waals surface area contributed by atoms with Crippen LogP contribution in [0.2, 0.25) is 0 Å². The lowest BCUT2D eigenvalue weighted by Crippen LogP contribution is -2.65. The first-order valence-electron chi connectivity index (χ1n) is 10.4. The monoisotopic (exact) mass is 493 g/mol. The summed E-state index contributed by atoms with van der Waals surface area (Å²) in [6.07, 6.45) is -8.02. The first kappa shape index (κ1) is 29.2. The molecule has 1 fully saturated rings. The van der Waals surface area contributed by atoms with E-state index in [1.165, 1.54) is 13.8 Å². The van der Waals surface area contributed by atoms with Crippen LogP contribution in [0.1, 0.15) is 33.6 Å². The quantitative estimate of drug-likeness (QED) is 0.131. The van der Waals surface area contributed by atoms with Gasteiger partial charge in [0.2, 0.25) is 17.7 Å². The standard InChI is InChI=1S/C19H31N3O12/c1-7(16(28)22-10(18(30)31)4-5-12(25)26)20-17(29)8(2)33-15-13(21-9(3)24)19(32)34-11(6-23)14(15)27/h7-8,10-11,13-15,19,23,27,32H,4-6H2,1-3H3,(H,20,29)(H,21,24)(H,22,28)(H,25,26)(H,30,31)/t7-,8+,10-,11?,13?,14?,15?,19?/m0/s1. The number of rotatable bonds is 12. The molecule has 1 rings (SSSR count). The number of carboxylic acid groups (broad SMARTS) is 2. The molecule has 15 heteroatoms. The first-order valence-corrected chi connectivity index (χ1v) is 10.4. The Balaban J connectivity index is 2.80. The molecule has 0 aromatic rings. The molecule has 0 spiro atoms. The van der Waals surface area contributed by atoms with Crippen LogP contribution in [0.4, 0.5) is 0 Å². The molecular weight excluding hydrogens is 462 g/mol. The molecular formula is C19H31N3O12. The fraction of sp³-hybridized carbons (Fsp3) is 0.737. The average Bonchev–Trinajstić information content (AvgIpc) is 2.74. The second-order valence-electron chi connectivity index (χ2n) is 7.77. The van der Waals surface area contributed by atoms with Gasteiger partial charge in [-0.15, -0.1) is 0 Å². The summed E-state index contributed by atoms with van der Waals surface area (Å²) in [5, 5.41) is 54.4. The highest BCUT2D eigenvalue weighted by atomic mass is 16.6. The van der Waals surface area contributed by atoms with Crippen molar-refractivity contribution in [3.8, 4) is 0 Å². The van der Waals surface area contributed by atoms with Crippen molar-refractivity contribution in [1.82, 2.24) is 16.0 Å². The lowest BCUT2D eigenvalue weighted by Gasteiger charge is -2.43. The van der Waals surface area contributed by atoms with Crippen molar-refractivity contribution in [2.24, 2.45) is 0 Å². The number of aliphatic hydroxyl groups is 3. The topological polar surface area (TPSA) is 241 Å². The van der Waals surface area contributed by atoms with Gasteiger partial charge in [0, 0.05) is 13.3 Å². The Bertz CT molecular complexity index is 763. The molecule has 0 aromatic carbocycles. The van der Waals surface area contributed by atoms with E-state index in [0.717, 1.165) is 6.92 Å². The van der Waals surface area contributed by atoms with Crippen molar-refractivity contribution >= 4 is 29.7 Å². The average molecular weight is 493 g/mol. The van der Waals surface area contributed by atoms with Crippen LogP contribution in [0.15, 0.2) is 0 Å². The smallest absolute Gasteiger partial charge is 0.326 e. The molecule has 0 bridgehead atoms. The zero-order valence-corrected chi connectivity index (χ0v) is 18.8. The maximum absolute atomic E-state index is 12.5. The van der Waals surface area contributed by atoms with Crippen molar-refractivity contribution < 1.29 is 59.0 Å². The molecule has 34 heavy (non-hydrogen) atoms. The van der Waals surface area contributed by atoms with Crippen LogP contribution in [-0.4, -0.2) is 111 Å². The Kier molecular flexibility index (Phi) is 11.3. The summed E-state index contributed by atoms with van der Waals surface area (Å²) in [7, 11) is 0. The number of aliphatic hydroxyl groups excluding tert-OH is 3. The summed E-state index contributed by atoms with van der Waals surface area (Å²) >= 11 is 0. The summed E-state index contributed by atoms with van der Waals surface area (Å²) in [6.45, 7) is 2.98. The molecule has 194 valence electrons. The summed E-state index contributed by atoms with van der Waals surface area (Å²) < 4.78 is 10.6. The van der Waals surface area contributed by atoms with E-state index in [1.54, 1.807) is 0 Å². The lowest BCUT2D eigenvalue weighted by molar-refractivity contribution is -0.266. The molecule has 3 amide bonds. The highest BCUT2D eigenvalue weighted by Gasteiger charge is 2.47. The number of amides is 3. The van der Waals surface area contributed by atoms with E-state index in [9.17, 15) is 39.3 Å². The van der Waals surface area contributed by atoms with E-state index in [4.69, 9.17) is 19.7 Å². The van der Waals surface area contributed by atoms with E-state index < -0.39 is 91.5 Å². The third-order valence-electron chi connectivity index (χ3n) is 4.99. The molecule has 1 aliphatic heterocycles. The summed E-state index contributed by atoms with van der Waals surface area (Å²) in [6, 6.07) is -4.01. The van der Waals surface area contributed by atoms with Crippen molar-refractivity contribution in [3.05, 3.63) is 0 Å². The lowest BCUT2D eigenvalue weighted by atomic mass is 9.96. The Morgan fingerprint density at radius 2 is 1.65 bits per heavy atom. The van der Waals surface area contributed by atoms with Gasteiger partial charge in [-0.2, -0.15) is 0 Å². The molecule has 15 nitrogen and oxygen atoms in total. The van der Waals surface area contributed by atoms with Gasteiger partial charge in [0.1, 0.15) is 42.5 Å². The van der Waals surface area contributed by atoms with Crippen LogP contribution in [0.5, 0.6) is 0 Å². The number of carboxylic acids is 2. The number of nitrogens with one attached hydrogen (secondary N) is 3. The third kappa shape index (κ3) is 8.49. The minimum Gasteiger partial charge on any atom is -0.481 e. The highest BCUT2D eigenvalue weighted by Crippen LogP contribution is 2.23. The van der Waals surface area contributed by atoms with Gasteiger partial charge in [-0.05, 0) is 20.3 Å². The SMILES string of the molecule is CC(=O)NC1C(O)OC(CO)C(O)C1O[C@H](C)C(=O)N[C@@H](C)C(=O)N[C@@H](CCC(=O)O)C(=O)O. The second kappa shape index (κ2) is 13.1. The molecule has 1 aliphatic rings. The molecule has 8 N–H and O–H groups in total. The van der Waals surface area contributed by atoms with E-state index in [0.29, 0.717) is 0 Å². The van der Waals surface area contributed by atoms with Crippen LogP contribution in [0.25, 0.3) is 0 Å². The summed E-state index contributed by atoms with van der Waals surface area (Å²) in [4.78, 5) is 58.1.